The van der Waals surface area contributed by atoms with Crippen LogP contribution < -0.4 is 9.64 Å². The van der Waals surface area contributed by atoms with Crippen molar-refractivity contribution in [2.75, 3.05) is 44.8 Å². The van der Waals surface area contributed by atoms with E-state index in [1.54, 1.807) is 41.3 Å². The van der Waals surface area contributed by atoms with Crippen LogP contribution in [0.25, 0.3) is 0 Å². The molecule has 0 atom stereocenters. The number of esters is 1. The molecular formula is C20H20BrFN2O4. The second-order valence-electron chi connectivity index (χ2n) is 6.24. The second-order valence-corrected chi connectivity index (χ2v) is 7.10. The molecule has 1 heterocycles. The minimum atomic E-state index is -0.448. The zero-order valence-corrected chi connectivity index (χ0v) is 16.9. The molecule has 8 heteroatoms. The fourth-order valence-corrected chi connectivity index (χ4v) is 3.49. The van der Waals surface area contributed by atoms with Gasteiger partial charge in [-0.3, -0.25) is 4.79 Å². The van der Waals surface area contributed by atoms with Gasteiger partial charge >= 0.3 is 5.97 Å². The van der Waals surface area contributed by atoms with Gasteiger partial charge in [0.25, 0.3) is 5.91 Å². The van der Waals surface area contributed by atoms with Crippen molar-refractivity contribution < 1.29 is 23.5 Å². The van der Waals surface area contributed by atoms with E-state index in [1.165, 1.54) is 13.2 Å². The zero-order chi connectivity index (χ0) is 20.1. The van der Waals surface area contributed by atoms with Crippen LogP contribution in [0.3, 0.4) is 0 Å². The summed E-state index contributed by atoms with van der Waals surface area (Å²) in [6.07, 6.45) is 0. The minimum Gasteiger partial charge on any atom is -0.483 e. The largest absolute Gasteiger partial charge is 0.483 e. The van der Waals surface area contributed by atoms with Gasteiger partial charge in [0.2, 0.25) is 0 Å². The number of ether oxygens (including phenoxy) is 2. The molecule has 28 heavy (non-hydrogen) atoms. The molecule has 6 nitrogen and oxygen atoms in total. The lowest BCUT2D eigenvalue weighted by atomic mass is 10.2. The summed E-state index contributed by atoms with van der Waals surface area (Å²) in [5.74, 6) is -0.384. The number of para-hydroxylation sites is 1. The summed E-state index contributed by atoms with van der Waals surface area (Å²) in [6, 6.07) is 11.4. The molecular weight excluding hydrogens is 431 g/mol. The normalized spacial score (nSPS) is 14.0. The Morgan fingerprint density at radius 1 is 1.11 bits per heavy atom. The van der Waals surface area contributed by atoms with E-state index in [2.05, 4.69) is 20.7 Å². The van der Waals surface area contributed by atoms with Gasteiger partial charge in [-0.25, -0.2) is 9.18 Å². The lowest BCUT2D eigenvalue weighted by molar-refractivity contribution is -0.133. The Hall–Kier alpha value is -2.61. The van der Waals surface area contributed by atoms with E-state index in [9.17, 15) is 14.0 Å². The number of benzene rings is 2. The van der Waals surface area contributed by atoms with E-state index in [0.29, 0.717) is 47.7 Å². The van der Waals surface area contributed by atoms with Gasteiger partial charge in [0, 0.05) is 26.2 Å². The molecule has 0 bridgehead atoms. The van der Waals surface area contributed by atoms with Crippen molar-refractivity contribution in [3.63, 3.8) is 0 Å². The standard InChI is InChI=1S/C20H20BrFN2O4/c1-27-20(26)14-6-7-18(15(21)12-14)28-13-19(25)24-10-8-23(9-11-24)17-5-3-2-4-16(17)22/h2-7,12H,8-11,13H2,1H3. The van der Waals surface area contributed by atoms with Gasteiger partial charge < -0.3 is 19.3 Å². The number of carbonyl (C=O) groups is 2. The Bertz CT molecular complexity index is 869. The molecule has 148 valence electrons. The minimum absolute atomic E-state index is 0.115. The van der Waals surface area contributed by atoms with Gasteiger partial charge in [-0.2, -0.15) is 0 Å². The molecule has 0 spiro atoms. The summed E-state index contributed by atoms with van der Waals surface area (Å²) in [4.78, 5) is 27.6. The van der Waals surface area contributed by atoms with E-state index in [1.807, 2.05) is 4.90 Å². The lowest BCUT2D eigenvalue weighted by Gasteiger charge is -2.36. The molecule has 0 N–H and O–H groups in total. The van der Waals surface area contributed by atoms with Crippen LogP contribution in [0.4, 0.5) is 10.1 Å². The summed E-state index contributed by atoms with van der Waals surface area (Å²) in [5, 5.41) is 0. The third-order valence-electron chi connectivity index (χ3n) is 4.53. The highest BCUT2D eigenvalue weighted by molar-refractivity contribution is 9.10. The topological polar surface area (TPSA) is 59.1 Å². The molecule has 2 aromatic carbocycles. The highest BCUT2D eigenvalue weighted by Gasteiger charge is 2.23. The molecule has 3 rings (SSSR count). The Morgan fingerprint density at radius 2 is 1.82 bits per heavy atom. The number of halogens is 2. The van der Waals surface area contributed by atoms with Crippen molar-refractivity contribution in [1.82, 2.24) is 4.90 Å². The van der Waals surface area contributed by atoms with Crippen LogP contribution in [0.1, 0.15) is 10.4 Å². The van der Waals surface area contributed by atoms with Gasteiger partial charge in [-0.15, -0.1) is 0 Å². The smallest absolute Gasteiger partial charge is 0.337 e. The molecule has 0 aliphatic carbocycles. The molecule has 1 aliphatic rings. The number of amides is 1. The summed E-state index contributed by atoms with van der Waals surface area (Å²) < 4.78 is 24.7. The molecule has 1 aliphatic heterocycles. The average molecular weight is 451 g/mol. The van der Waals surface area contributed by atoms with E-state index >= 15 is 0 Å². The third-order valence-corrected chi connectivity index (χ3v) is 5.15. The first-order valence-corrected chi connectivity index (χ1v) is 9.57. The van der Waals surface area contributed by atoms with Crippen molar-refractivity contribution in [2.45, 2.75) is 0 Å². The highest BCUT2D eigenvalue weighted by atomic mass is 79.9. The van der Waals surface area contributed by atoms with Crippen molar-refractivity contribution in [3.8, 4) is 5.75 Å². The van der Waals surface area contributed by atoms with Gasteiger partial charge in [0.05, 0.1) is 22.8 Å². The summed E-state index contributed by atoms with van der Waals surface area (Å²) in [5.41, 5.74) is 0.942. The number of methoxy groups -OCH3 is 1. The Labute approximate surface area is 171 Å². The lowest BCUT2D eigenvalue weighted by Crippen LogP contribution is -2.50. The highest BCUT2D eigenvalue weighted by Crippen LogP contribution is 2.26. The maximum Gasteiger partial charge on any atom is 0.337 e. The number of carbonyl (C=O) groups excluding carboxylic acids is 2. The summed E-state index contributed by atoms with van der Waals surface area (Å²) in [7, 11) is 1.31. The van der Waals surface area contributed by atoms with E-state index in [4.69, 9.17) is 4.74 Å². The molecule has 1 amide bonds. The van der Waals surface area contributed by atoms with Crippen LogP contribution in [0.15, 0.2) is 46.9 Å². The first-order chi connectivity index (χ1) is 13.5. The van der Waals surface area contributed by atoms with Crippen molar-refractivity contribution in [1.29, 1.82) is 0 Å². The number of anilines is 1. The van der Waals surface area contributed by atoms with Crippen LogP contribution in [0.5, 0.6) is 5.75 Å². The number of rotatable bonds is 5. The molecule has 1 fully saturated rings. The molecule has 2 aromatic rings. The fourth-order valence-electron chi connectivity index (χ4n) is 3.00. The first kappa shape index (κ1) is 20.1. The van der Waals surface area contributed by atoms with Crippen LogP contribution >= 0.6 is 15.9 Å². The quantitative estimate of drug-likeness (QED) is 0.655. The number of hydrogen-bond acceptors (Lipinski definition) is 5. The summed E-state index contributed by atoms with van der Waals surface area (Å²) in [6.45, 7) is 2.00. The fraction of sp³-hybridized carbons (Fsp3) is 0.300. The third kappa shape index (κ3) is 4.62. The first-order valence-electron chi connectivity index (χ1n) is 8.77. The number of hydrogen-bond donors (Lipinski definition) is 0. The van der Waals surface area contributed by atoms with Crippen molar-refractivity contribution in [3.05, 3.63) is 58.3 Å². The van der Waals surface area contributed by atoms with Crippen LogP contribution in [0, 0.1) is 5.82 Å². The zero-order valence-electron chi connectivity index (χ0n) is 15.4. The van der Waals surface area contributed by atoms with Crippen LogP contribution in [-0.2, 0) is 9.53 Å². The maximum atomic E-state index is 13.9. The van der Waals surface area contributed by atoms with Crippen molar-refractivity contribution >= 4 is 33.5 Å². The van der Waals surface area contributed by atoms with E-state index in [-0.39, 0.29) is 18.3 Å². The SMILES string of the molecule is COC(=O)c1ccc(OCC(=O)N2CCN(c3ccccc3F)CC2)c(Br)c1. The predicted molar refractivity (Wildman–Crippen MR) is 106 cm³/mol. The Morgan fingerprint density at radius 3 is 2.46 bits per heavy atom. The maximum absolute atomic E-state index is 13.9. The monoisotopic (exact) mass is 450 g/mol. The average Bonchev–Trinajstić information content (AvgIpc) is 2.72. The van der Waals surface area contributed by atoms with Gasteiger partial charge in [0.1, 0.15) is 11.6 Å². The van der Waals surface area contributed by atoms with E-state index < -0.39 is 5.97 Å². The number of nitrogens with zero attached hydrogens (tertiary/aromatic N) is 2. The summed E-state index contributed by atoms with van der Waals surface area (Å²) >= 11 is 3.33. The molecule has 0 saturated carbocycles. The second kappa shape index (κ2) is 9.05. The Balaban J connectivity index is 1.52. The Kier molecular flexibility index (Phi) is 6.51. The van der Waals surface area contributed by atoms with Crippen LogP contribution in [0.2, 0.25) is 0 Å². The van der Waals surface area contributed by atoms with Gasteiger partial charge in [-0.1, -0.05) is 12.1 Å². The molecule has 0 unspecified atom stereocenters. The van der Waals surface area contributed by atoms with Crippen LogP contribution in [-0.4, -0.2) is 56.7 Å². The number of piperazine rings is 1. The van der Waals surface area contributed by atoms with Crippen molar-refractivity contribution in [2.24, 2.45) is 0 Å². The predicted octanol–water partition coefficient (Wildman–Crippen LogP) is 3.10. The molecule has 0 radical (unpaired) electrons. The van der Waals surface area contributed by atoms with E-state index in [0.717, 1.165) is 0 Å². The van der Waals surface area contributed by atoms with Gasteiger partial charge in [0.15, 0.2) is 6.61 Å². The van der Waals surface area contributed by atoms with Gasteiger partial charge in [-0.05, 0) is 46.3 Å². The molecule has 1 saturated heterocycles. The molecule has 0 aromatic heterocycles.